The van der Waals surface area contributed by atoms with Crippen LogP contribution in [-0.2, 0) is 6.54 Å². The molecule has 3 rings (SSSR count). The molecule has 0 unspecified atom stereocenters. The number of aromatic nitrogens is 1. The Hall–Kier alpha value is -2.01. The normalized spacial score (nSPS) is 17.8. The Labute approximate surface area is 141 Å². The van der Waals surface area contributed by atoms with E-state index in [0.29, 0.717) is 17.5 Å². The highest BCUT2D eigenvalue weighted by molar-refractivity contribution is 8.00. The van der Waals surface area contributed by atoms with E-state index in [-0.39, 0.29) is 5.91 Å². The van der Waals surface area contributed by atoms with Crippen molar-refractivity contribution in [1.82, 2.24) is 10.3 Å². The molecular formula is C18H21N3OS. The van der Waals surface area contributed by atoms with Crippen LogP contribution in [0.1, 0.15) is 23.0 Å². The highest BCUT2D eigenvalue weighted by Crippen LogP contribution is 2.23. The molecular weight excluding hydrogens is 306 g/mol. The van der Waals surface area contributed by atoms with Gasteiger partial charge in [0.15, 0.2) is 0 Å². The highest BCUT2D eigenvalue weighted by atomic mass is 32.2. The summed E-state index contributed by atoms with van der Waals surface area (Å²) >= 11 is 2.00. The number of nitrogens with zero attached hydrogens (tertiary/aromatic N) is 2. The summed E-state index contributed by atoms with van der Waals surface area (Å²) in [4.78, 5) is 18.9. The number of thioether (sulfide) groups is 1. The van der Waals surface area contributed by atoms with Crippen LogP contribution in [0.3, 0.4) is 0 Å². The predicted molar refractivity (Wildman–Crippen MR) is 96.0 cm³/mol. The van der Waals surface area contributed by atoms with Crippen molar-refractivity contribution < 1.29 is 4.79 Å². The second-order valence-corrected chi connectivity index (χ2v) is 7.24. The molecule has 2 heterocycles. The van der Waals surface area contributed by atoms with Gasteiger partial charge in [-0.25, -0.2) is 0 Å². The van der Waals surface area contributed by atoms with Gasteiger partial charge in [0, 0.05) is 42.5 Å². The minimum absolute atomic E-state index is 0.130. The first-order valence-electron chi connectivity index (χ1n) is 7.87. The number of benzene rings is 1. The van der Waals surface area contributed by atoms with Crippen molar-refractivity contribution in [3.8, 4) is 0 Å². The Kier molecular flexibility index (Phi) is 5.18. The smallest absolute Gasteiger partial charge is 0.270 e. The Bertz CT molecular complexity index is 662. The van der Waals surface area contributed by atoms with E-state index in [1.807, 2.05) is 54.2 Å². The van der Waals surface area contributed by atoms with Gasteiger partial charge >= 0.3 is 0 Å². The summed E-state index contributed by atoms with van der Waals surface area (Å²) in [5.74, 6) is 0.995. The van der Waals surface area contributed by atoms with E-state index in [1.54, 1.807) is 6.20 Å². The molecule has 1 aromatic heterocycles. The second kappa shape index (κ2) is 7.51. The van der Waals surface area contributed by atoms with E-state index >= 15 is 0 Å². The summed E-state index contributed by atoms with van der Waals surface area (Å²) in [6.45, 7) is 4.79. The van der Waals surface area contributed by atoms with Gasteiger partial charge in [-0.05, 0) is 17.7 Å². The molecule has 2 aromatic rings. The van der Waals surface area contributed by atoms with Crippen molar-refractivity contribution in [2.24, 2.45) is 0 Å². The molecule has 0 bridgehead atoms. The summed E-state index contributed by atoms with van der Waals surface area (Å²) in [7, 11) is 0. The Morgan fingerprint density at radius 2 is 2.17 bits per heavy atom. The summed E-state index contributed by atoms with van der Waals surface area (Å²) in [6.07, 6.45) is 1.72. The molecule has 1 N–H and O–H groups in total. The van der Waals surface area contributed by atoms with Crippen molar-refractivity contribution >= 4 is 23.4 Å². The highest BCUT2D eigenvalue weighted by Gasteiger charge is 2.18. The van der Waals surface area contributed by atoms with Crippen LogP contribution in [0, 0.1) is 0 Å². The molecule has 23 heavy (non-hydrogen) atoms. The zero-order valence-corrected chi connectivity index (χ0v) is 14.1. The van der Waals surface area contributed by atoms with Gasteiger partial charge in [-0.15, -0.1) is 0 Å². The fourth-order valence-corrected chi connectivity index (χ4v) is 3.68. The number of nitrogens with one attached hydrogen (secondary N) is 1. The predicted octanol–water partition coefficient (Wildman–Crippen LogP) is 2.95. The lowest BCUT2D eigenvalue weighted by molar-refractivity contribution is 0.0946. The lowest BCUT2D eigenvalue weighted by atomic mass is 10.2. The molecule has 1 saturated heterocycles. The fourth-order valence-electron chi connectivity index (χ4n) is 2.66. The first kappa shape index (κ1) is 15.9. The van der Waals surface area contributed by atoms with E-state index in [0.717, 1.165) is 30.1 Å². The van der Waals surface area contributed by atoms with Crippen molar-refractivity contribution in [2.45, 2.75) is 18.7 Å². The summed E-state index contributed by atoms with van der Waals surface area (Å²) in [6, 6.07) is 13.8. The Morgan fingerprint density at radius 3 is 2.96 bits per heavy atom. The molecule has 0 saturated carbocycles. The van der Waals surface area contributed by atoms with E-state index in [1.165, 1.54) is 0 Å². The van der Waals surface area contributed by atoms with E-state index in [2.05, 4.69) is 22.1 Å². The third-order valence-corrected chi connectivity index (χ3v) is 5.01. The zero-order chi connectivity index (χ0) is 16.1. The zero-order valence-electron chi connectivity index (χ0n) is 13.2. The van der Waals surface area contributed by atoms with Gasteiger partial charge in [0.1, 0.15) is 5.69 Å². The molecule has 1 aliphatic heterocycles. The topological polar surface area (TPSA) is 45.2 Å². The van der Waals surface area contributed by atoms with Gasteiger partial charge in [0.25, 0.3) is 5.91 Å². The van der Waals surface area contributed by atoms with Gasteiger partial charge in [-0.3, -0.25) is 9.78 Å². The Balaban J connectivity index is 1.65. The molecule has 0 radical (unpaired) electrons. The maximum absolute atomic E-state index is 12.3. The molecule has 1 aliphatic rings. The molecule has 1 atom stereocenters. The van der Waals surface area contributed by atoms with Crippen molar-refractivity contribution in [1.29, 1.82) is 0 Å². The van der Waals surface area contributed by atoms with Crippen molar-refractivity contribution in [3.63, 3.8) is 0 Å². The van der Waals surface area contributed by atoms with Crippen LogP contribution in [0.5, 0.6) is 0 Å². The molecule has 1 amide bonds. The van der Waals surface area contributed by atoms with Crippen LogP contribution in [0.2, 0.25) is 0 Å². The number of anilines is 1. The first-order chi connectivity index (χ1) is 11.2. The average Bonchev–Trinajstić information content (AvgIpc) is 2.61. The number of pyridine rings is 1. The lowest BCUT2D eigenvalue weighted by Gasteiger charge is -2.32. The second-order valence-electron chi connectivity index (χ2n) is 5.69. The monoisotopic (exact) mass is 327 g/mol. The first-order valence-corrected chi connectivity index (χ1v) is 8.92. The SMILES string of the molecule is C[C@@H]1CN(c2ccnc(C(=O)NCc3ccccc3)c2)CCS1. The number of amides is 1. The summed E-state index contributed by atoms with van der Waals surface area (Å²) in [5.41, 5.74) is 2.64. The van der Waals surface area contributed by atoms with Crippen molar-refractivity contribution in [3.05, 3.63) is 59.9 Å². The van der Waals surface area contributed by atoms with E-state index in [4.69, 9.17) is 0 Å². The van der Waals surface area contributed by atoms with E-state index in [9.17, 15) is 4.79 Å². The minimum atomic E-state index is -0.130. The molecule has 4 nitrogen and oxygen atoms in total. The summed E-state index contributed by atoms with van der Waals surface area (Å²) < 4.78 is 0. The molecule has 120 valence electrons. The van der Waals surface area contributed by atoms with Crippen LogP contribution >= 0.6 is 11.8 Å². The number of hydrogen-bond acceptors (Lipinski definition) is 4. The van der Waals surface area contributed by atoms with Crippen LogP contribution < -0.4 is 10.2 Å². The Morgan fingerprint density at radius 1 is 1.35 bits per heavy atom. The van der Waals surface area contributed by atoms with E-state index < -0.39 is 0 Å². The van der Waals surface area contributed by atoms with Gasteiger partial charge in [0.2, 0.25) is 0 Å². The van der Waals surface area contributed by atoms with Crippen LogP contribution in [0.15, 0.2) is 48.7 Å². The largest absolute Gasteiger partial charge is 0.369 e. The third kappa shape index (κ3) is 4.26. The quantitative estimate of drug-likeness (QED) is 0.938. The number of carbonyl (C=O) groups is 1. The van der Waals surface area contributed by atoms with Gasteiger partial charge < -0.3 is 10.2 Å². The average molecular weight is 327 g/mol. The molecule has 1 fully saturated rings. The van der Waals surface area contributed by atoms with Gasteiger partial charge in [0.05, 0.1) is 0 Å². The summed E-state index contributed by atoms with van der Waals surface area (Å²) in [5, 5.41) is 3.55. The maximum atomic E-state index is 12.3. The van der Waals surface area contributed by atoms with Crippen LogP contribution in [-0.4, -0.2) is 35.0 Å². The number of hydrogen-bond donors (Lipinski definition) is 1. The molecule has 1 aromatic carbocycles. The third-order valence-electron chi connectivity index (χ3n) is 3.88. The number of carbonyl (C=O) groups excluding carboxylic acids is 1. The van der Waals surface area contributed by atoms with Gasteiger partial charge in [-0.2, -0.15) is 11.8 Å². The standard InChI is InChI=1S/C18H21N3OS/c1-14-13-21(9-10-23-14)16-7-8-19-17(11-16)18(22)20-12-15-5-3-2-4-6-15/h2-8,11,14H,9-10,12-13H2,1H3,(H,20,22)/t14-/m1/s1. The lowest BCUT2D eigenvalue weighted by Crippen LogP contribution is -2.36. The minimum Gasteiger partial charge on any atom is -0.369 e. The maximum Gasteiger partial charge on any atom is 0.270 e. The van der Waals surface area contributed by atoms with Crippen LogP contribution in [0.25, 0.3) is 0 Å². The van der Waals surface area contributed by atoms with Crippen LogP contribution in [0.4, 0.5) is 5.69 Å². The molecule has 5 heteroatoms. The fraction of sp³-hybridized carbons (Fsp3) is 0.333. The van der Waals surface area contributed by atoms with Gasteiger partial charge in [-0.1, -0.05) is 37.3 Å². The number of rotatable bonds is 4. The molecule has 0 spiro atoms. The molecule has 0 aliphatic carbocycles. The van der Waals surface area contributed by atoms with Crippen molar-refractivity contribution in [2.75, 3.05) is 23.7 Å².